The maximum Gasteiger partial charge on any atom is 0.418 e. The van der Waals surface area contributed by atoms with Gasteiger partial charge in [-0.1, -0.05) is 0 Å². The first-order valence-corrected chi connectivity index (χ1v) is 7.63. The molecule has 0 saturated carbocycles. The molecule has 4 N–H and O–H groups in total. The fourth-order valence-corrected chi connectivity index (χ4v) is 2.18. The van der Waals surface area contributed by atoms with Crippen molar-refractivity contribution in [3.63, 3.8) is 0 Å². The van der Waals surface area contributed by atoms with Gasteiger partial charge in [0.05, 0.1) is 22.4 Å². The number of nitro benzene ring substituents is 1. The van der Waals surface area contributed by atoms with Crippen molar-refractivity contribution in [3.8, 4) is 11.5 Å². The number of nitro groups is 1. The quantitative estimate of drug-likeness (QED) is 0.377. The van der Waals surface area contributed by atoms with Crippen LogP contribution in [0.25, 0.3) is 11.5 Å². The van der Waals surface area contributed by atoms with Gasteiger partial charge in [-0.25, -0.2) is 15.0 Å². The minimum Gasteiger partial charge on any atom is -0.382 e. The van der Waals surface area contributed by atoms with Gasteiger partial charge in [0.2, 0.25) is 0 Å². The van der Waals surface area contributed by atoms with Gasteiger partial charge in [0.25, 0.3) is 5.69 Å². The van der Waals surface area contributed by atoms with Gasteiger partial charge in [-0.3, -0.25) is 15.1 Å². The Bertz CT molecular complexity index is 1080. The summed E-state index contributed by atoms with van der Waals surface area (Å²) in [6.45, 7) is 0. The van der Waals surface area contributed by atoms with Gasteiger partial charge in [-0.05, 0) is 6.07 Å². The number of benzene rings is 1. The highest BCUT2D eigenvalue weighted by molar-refractivity contribution is 5.73. The number of non-ortho nitro benzene ring substituents is 1. The Morgan fingerprint density at radius 2 is 1.76 bits per heavy atom. The normalized spacial score (nSPS) is 11.7. The van der Waals surface area contributed by atoms with Crippen LogP contribution in [0.4, 0.5) is 41.9 Å². The van der Waals surface area contributed by atoms with Crippen LogP contribution in [0.3, 0.4) is 0 Å². The number of halogens is 3. The summed E-state index contributed by atoms with van der Waals surface area (Å²) in [6, 6.07) is 2.03. The smallest absolute Gasteiger partial charge is 0.382 e. The Balaban J connectivity index is 2.01. The molecule has 0 fully saturated rings. The lowest BCUT2D eigenvalue weighted by atomic mass is 10.1. The van der Waals surface area contributed by atoms with E-state index >= 15 is 0 Å². The maximum absolute atomic E-state index is 13.2. The standard InChI is InChI=1S/C15H10F3N9O2/c16-15(17,18)8-5-7(27(28)29)1-2-9(8)25-26-11-12(19)23-14(24-13(11)20)10-6-21-3-4-22-10/h1-6H,(H4,19,20,23,24). The highest BCUT2D eigenvalue weighted by atomic mass is 19.4. The van der Waals surface area contributed by atoms with E-state index in [9.17, 15) is 23.3 Å². The van der Waals surface area contributed by atoms with E-state index in [1.54, 1.807) is 0 Å². The van der Waals surface area contributed by atoms with E-state index in [1.165, 1.54) is 18.6 Å². The second-order valence-corrected chi connectivity index (χ2v) is 5.41. The third kappa shape index (κ3) is 4.20. The number of rotatable bonds is 4. The van der Waals surface area contributed by atoms with E-state index in [0.29, 0.717) is 6.07 Å². The Morgan fingerprint density at radius 3 is 2.31 bits per heavy atom. The highest BCUT2D eigenvalue weighted by Gasteiger charge is 2.35. The second-order valence-electron chi connectivity index (χ2n) is 5.41. The zero-order chi connectivity index (χ0) is 21.2. The molecule has 1 aromatic carbocycles. The van der Waals surface area contributed by atoms with Crippen molar-refractivity contribution in [1.82, 2.24) is 19.9 Å². The van der Waals surface area contributed by atoms with Gasteiger partial charge in [0, 0.05) is 24.5 Å². The summed E-state index contributed by atoms with van der Waals surface area (Å²) < 4.78 is 39.6. The molecule has 0 saturated heterocycles. The molecule has 0 unspecified atom stereocenters. The molecule has 0 bridgehead atoms. The Labute approximate surface area is 159 Å². The van der Waals surface area contributed by atoms with Gasteiger partial charge in [0.1, 0.15) is 5.69 Å². The molecular formula is C15H10F3N9O2. The van der Waals surface area contributed by atoms with Gasteiger partial charge >= 0.3 is 6.18 Å². The number of nitrogens with zero attached hydrogens (tertiary/aromatic N) is 7. The largest absolute Gasteiger partial charge is 0.418 e. The van der Waals surface area contributed by atoms with Crippen molar-refractivity contribution in [3.05, 3.63) is 52.5 Å². The van der Waals surface area contributed by atoms with Crippen LogP contribution in [0.5, 0.6) is 0 Å². The maximum atomic E-state index is 13.2. The Hall–Kier alpha value is -4.23. The van der Waals surface area contributed by atoms with Crippen LogP contribution < -0.4 is 11.5 Å². The van der Waals surface area contributed by atoms with E-state index < -0.39 is 28.0 Å². The van der Waals surface area contributed by atoms with Crippen LogP contribution in [0.2, 0.25) is 0 Å². The fourth-order valence-electron chi connectivity index (χ4n) is 2.18. The molecule has 0 radical (unpaired) electrons. The fraction of sp³-hybridized carbons (Fsp3) is 0.0667. The first kappa shape index (κ1) is 19.5. The van der Waals surface area contributed by atoms with Crippen LogP contribution in [-0.2, 0) is 6.18 Å². The molecule has 2 heterocycles. The first-order chi connectivity index (χ1) is 13.7. The summed E-state index contributed by atoms with van der Waals surface area (Å²) in [6.07, 6.45) is -0.709. The number of hydrogen-bond acceptors (Lipinski definition) is 10. The van der Waals surface area contributed by atoms with E-state index in [4.69, 9.17) is 11.5 Å². The van der Waals surface area contributed by atoms with Crippen LogP contribution >= 0.6 is 0 Å². The molecule has 3 aromatic rings. The third-order valence-electron chi connectivity index (χ3n) is 3.48. The van der Waals surface area contributed by atoms with Crippen LogP contribution in [-0.4, -0.2) is 24.9 Å². The number of alkyl halides is 3. The summed E-state index contributed by atoms with van der Waals surface area (Å²) in [4.78, 5) is 25.5. The number of anilines is 2. The molecule has 29 heavy (non-hydrogen) atoms. The summed E-state index contributed by atoms with van der Waals surface area (Å²) >= 11 is 0. The lowest BCUT2D eigenvalue weighted by Crippen LogP contribution is -2.06. The highest BCUT2D eigenvalue weighted by Crippen LogP contribution is 2.39. The van der Waals surface area contributed by atoms with E-state index in [1.807, 2.05) is 0 Å². The number of azo groups is 1. The molecule has 3 rings (SSSR count). The summed E-state index contributed by atoms with van der Waals surface area (Å²) in [7, 11) is 0. The van der Waals surface area contributed by atoms with E-state index in [-0.39, 0.29) is 28.8 Å². The van der Waals surface area contributed by atoms with Crippen LogP contribution in [0.1, 0.15) is 5.56 Å². The average Bonchev–Trinajstić information content (AvgIpc) is 2.67. The molecule has 0 aliphatic carbocycles. The monoisotopic (exact) mass is 405 g/mol. The molecular weight excluding hydrogens is 395 g/mol. The second kappa shape index (κ2) is 7.41. The molecule has 0 aliphatic heterocycles. The average molecular weight is 405 g/mol. The first-order valence-electron chi connectivity index (χ1n) is 7.63. The van der Waals surface area contributed by atoms with Crippen molar-refractivity contribution < 1.29 is 18.1 Å². The molecule has 0 aliphatic rings. The zero-order valence-corrected chi connectivity index (χ0v) is 14.2. The van der Waals surface area contributed by atoms with Gasteiger partial charge in [0.15, 0.2) is 23.1 Å². The third-order valence-corrected chi connectivity index (χ3v) is 3.48. The van der Waals surface area contributed by atoms with Crippen LogP contribution in [0.15, 0.2) is 47.0 Å². The van der Waals surface area contributed by atoms with Crippen molar-refractivity contribution >= 4 is 28.7 Å². The molecule has 2 aromatic heterocycles. The summed E-state index contributed by atoms with van der Waals surface area (Å²) in [5.74, 6) is -0.465. The summed E-state index contributed by atoms with van der Waals surface area (Å²) in [5, 5.41) is 17.8. The predicted molar refractivity (Wildman–Crippen MR) is 94.2 cm³/mol. The topological polar surface area (TPSA) is 171 Å². The Morgan fingerprint density at radius 1 is 1.07 bits per heavy atom. The number of hydrogen-bond donors (Lipinski definition) is 2. The molecule has 0 spiro atoms. The molecule has 11 nitrogen and oxygen atoms in total. The number of nitrogen functional groups attached to an aromatic ring is 2. The SMILES string of the molecule is Nc1nc(-c2cnccn2)nc(N)c1N=Nc1ccc([N+](=O)[O-])cc1C(F)(F)F. The van der Waals surface area contributed by atoms with Crippen molar-refractivity contribution in [2.75, 3.05) is 11.5 Å². The van der Waals surface area contributed by atoms with Crippen molar-refractivity contribution in [2.24, 2.45) is 10.2 Å². The molecule has 0 atom stereocenters. The van der Waals surface area contributed by atoms with E-state index in [0.717, 1.165) is 12.1 Å². The molecule has 14 heteroatoms. The lowest BCUT2D eigenvalue weighted by molar-refractivity contribution is -0.385. The van der Waals surface area contributed by atoms with Gasteiger partial charge < -0.3 is 11.5 Å². The molecule has 0 amide bonds. The number of nitrogens with two attached hydrogens (primary N) is 2. The number of aromatic nitrogens is 4. The van der Waals surface area contributed by atoms with Crippen molar-refractivity contribution in [2.45, 2.75) is 6.18 Å². The van der Waals surface area contributed by atoms with Gasteiger partial charge in [-0.15, -0.1) is 10.2 Å². The minimum absolute atomic E-state index is 0.0402. The molecule has 148 valence electrons. The minimum atomic E-state index is -4.90. The Kier molecular flexibility index (Phi) is 4.99. The predicted octanol–water partition coefficient (Wildman–Crippen LogP) is 3.44. The van der Waals surface area contributed by atoms with Crippen molar-refractivity contribution in [1.29, 1.82) is 0 Å². The lowest BCUT2D eigenvalue weighted by Gasteiger charge is -2.09. The van der Waals surface area contributed by atoms with E-state index in [2.05, 4.69) is 30.2 Å². The van der Waals surface area contributed by atoms with Gasteiger partial charge in [-0.2, -0.15) is 13.2 Å². The van der Waals surface area contributed by atoms with Crippen LogP contribution in [0, 0.1) is 10.1 Å². The zero-order valence-electron chi connectivity index (χ0n) is 14.2. The summed E-state index contributed by atoms with van der Waals surface area (Å²) in [5.41, 5.74) is 8.79.